The second kappa shape index (κ2) is 7.61. The van der Waals surface area contributed by atoms with Crippen molar-refractivity contribution in [3.8, 4) is 11.8 Å². The number of carbonyl (C=O) groups is 1. The number of sulfone groups is 1. The summed E-state index contributed by atoms with van der Waals surface area (Å²) >= 11 is 5.97. The summed E-state index contributed by atoms with van der Waals surface area (Å²) in [6.07, 6.45) is 0.455. The standard InChI is InChI=1S/C20H21ClN4O4S/c1-23-16-17(22-19(23)30(28,29)12-14-8-9-14)25(20(27)24(2)18(16)26)10-4-6-13-5-3-7-15(21)11-13/h3,5,7,11,14,20,27H,8-10,12H2,1-2H3. The topological polar surface area (TPSA) is 95.7 Å². The first kappa shape index (κ1) is 20.7. The van der Waals surface area contributed by atoms with Crippen LogP contribution < -0.4 is 4.90 Å². The van der Waals surface area contributed by atoms with Gasteiger partial charge < -0.3 is 14.6 Å². The summed E-state index contributed by atoms with van der Waals surface area (Å²) in [5.41, 5.74) is 0.814. The summed E-state index contributed by atoms with van der Waals surface area (Å²) in [6, 6.07) is 7.04. The summed E-state index contributed by atoms with van der Waals surface area (Å²) in [6.45, 7) is 0.0391. The molecule has 1 unspecified atom stereocenters. The molecule has 1 fully saturated rings. The van der Waals surface area contributed by atoms with Gasteiger partial charge in [-0.05, 0) is 37.0 Å². The van der Waals surface area contributed by atoms with Crippen LogP contribution in [0.3, 0.4) is 0 Å². The first-order chi connectivity index (χ1) is 14.2. The van der Waals surface area contributed by atoms with Gasteiger partial charge >= 0.3 is 0 Å². The lowest BCUT2D eigenvalue weighted by molar-refractivity contribution is 0.0139. The molecule has 4 rings (SSSR count). The van der Waals surface area contributed by atoms with Crippen LogP contribution in [0.5, 0.6) is 0 Å². The Labute approximate surface area is 180 Å². The minimum Gasteiger partial charge on any atom is -0.356 e. The molecule has 2 aliphatic rings. The zero-order valence-electron chi connectivity index (χ0n) is 16.5. The van der Waals surface area contributed by atoms with Crippen LogP contribution in [0, 0.1) is 17.8 Å². The van der Waals surface area contributed by atoms with Gasteiger partial charge in [-0.2, -0.15) is 4.98 Å². The number of hydrogen-bond donors (Lipinski definition) is 1. The second-order valence-corrected chi connectivity index (χ2v) is 9.92. The lowest BCUT2D eigenvalue weighted by atomic mass is 10.2. The molecule has 2 aromatic rings. The van der Waals surface area contributed by atoms with E-state index in [4.69, 9.17) is 11.6 Å². The zero-order valence-corrected chi connectivity index (χ0v) is 18.1. The van der Waals surface area contributed by atoms with Crippen molar-refractivity contribution < 1.29 is 18.3 Å². The van der Waals surface area contributed by atoms with Gasteiger partial charge in [-0.1, -0.05) is 29.5 Å². The van der Waals surface area contributed by atoms with Crippen LogP contribution in [0.1, 0.15) is 28.9 Å². The summed E-state index contributed by atoms with van der Waals surface area (Å²) in [5, 5.41) is 11.0. The molecule has 0 spiro atoms. The molecule has 10 heteroatoms. The molecule has 1 aliphatic carbocycles. The molecule has 8 nitrogen and oxygen atoms in total. The molecule has 0 bridgehead atoms. The molecule has 158 valence electrons. The van der Waals surface area contributed by atoms with Crippen LogP contribution in [-0.2, 0) is 16.9 Å². The van der Waals surface area contributed by atoms with Crippen molar-refractivity contribution in [3.63, 3.8) is 0 Å². The normalized spacial score (nSPS) is 18.8. The number of carbonyl (C=O) groups excluding carboxylic acids is 1. The highest BCUT2D eigenvalue weighted by Gasteiger charge is 2.41. The van der Waals surface area contributed by atoms with Crippen molar-refractivity contribution in [2.45, 2.75) is 24.3 Å². The molecule has 2 heterocycles. The predicted octanol–water partition coefficient (Wildman–Crippen LogP) is 1.48. The Hall–Kier alpha value is -2.54. The van der Waals surface area contributed by atoms with E-state index in [0.717, 1.165) is 17.7 Å². The van der Waals surface area contributed by atoms with E-state index in [0.29, 0.717) is 10.6 Å². The number of benzene rings is 1. The molecule has 1 aromatic carbocycles. The van der Waals surface area contributed by atoms with Crippen LogP contribution in [-0.4, -0.2) is 59.6 Å². The molecule has 0 radical (unpaired) electrons. The fourth-order valence-corrected chi connectivity index (χ4v) is 5.42. The Balaban J connectivity index is 1.70. The number of aliphatic hydroxyl groups excluding tert-OH is 1. The average Bonchev–Trinajstić information content (AvgIpc) is 3.41. The quantitative estimate of drug-likeness (QED) is 0.712. The molecular weight excluding hydrogens is 428 g/mol. The fourth-order valence-electron chi connectivity index (χ4n) is 3.39. The van der Waals surface area contributed by atoms with Crippen LogP contribution in [0.4, 0.5) is 5.82 Å². The van der Waals surface area contributed by atoms with Gasteiger partial charge in [-0.25, -0.2) is 8.42 Å². The molecule has 1 aromatic heterocycles. The lowest BCUT2D eigenvalue weighted by Gasteiger charge is -2.37. The third-order valence-corrected chi connectivity index (χ3v) is 7.26. The summed E-state index contributed by atoms with van der Waals surface area (Å²) in [4.78, 5) is 19.5. The number of halogens is 1. The fraction of sp³-hybridized carbons (Fsp3) is 0.400. The largest absolute Gasteiger partial charge is 0.356 e. The van der Waals surface area contributed by atoms with Crippen molar-refractivity contribution in [1.29, 1.82) is 0 Å². The monoisotopic (exact) mass is 448 g/mol. The minimum absolute atomic E-state index is 0.0118. The number of imidazole rings is 1. The maximum Gasteiger partial charge on any atom is 0.277 e. The average molecular weight is 449 g/mol. The van der Waals surface area contributed by atoms with Gasteiger partial charge in [0.2, 0.25) is 21.3 Å². The van der Waals surface area contributed by atoms with Gasteiger partial charge in [0.05, 0.1) is 12.3 Å². The van der Waals surface area contributed by atoms with Crippen LogP contribution in [0.15, 0.2) is 29.4 Å². The van der Waals surface area contributed by atoms with Gasteiger partial charge in [0.15, 0.2) is 11.5 Å². The maximum absolute atomic E-state index is 12.8. The molecule has 1 amide bonds. The molecule has 1 atom stereocenters. The highest BCUT2D eigenvalue weighted by atomic mass is 35.5. The number of aliphatic hydroxyl groups is 1. The minimum atomic E-state index is -3.65. The van der Waals surface area contributed by atoms with Gasteiger partial charge in [0, 0.05) is 24.7 Å². The molecule has 0 saturated heterocycles. The Morgan fingerprint density at radius 3 is 2.70 bits per heavy atom. The molecule has 1 saturated carbocycles. The van der Waals surface area contributed by atoms with Crippen LogP contribution in [0.25, 0.3) is 0 Å². The first-order valence-electron chi connectivity index (χ1n) is 9.45. The second-order valence-electron chi connectivity index (χ2n) is 7.55. The Kier molecular flexibility index (Phi) is 5.26. The first-order valence-corrected chi connectivity index (χ1v) is 11.5. The number of fused-ring (bicyclic) bond motifs is 1. The van der Waals surface area contributed by atoms with Gasteiger partial charge in [-0.15, -0.1) is 0 Å². The van der Waals surface area contributed by atoms with Crippen molar-refractivity contribution in [2.75, 3.05) is 24.2 Å². The number of hydrogen-bond acceptors (Lipinski definition) is 6. The van der Waals surface area contributed by atoms with Crippen LogP contribution >= 0.6 is 11.6 Å². The molecular formula is C20H21ClN4O4S. The van der Waals surface area contributed by atoms with Gasteiger partial charge in [0.25, 0.3) is 5.91 Å². The van der Waals surface area contributed by atoms with E-state index < -0.39 is 22.1 Å². The van der Waals surface area contributed by atoms with Gasteiger partial charge in [-0.3, -0.25) is 9.69 Å². The van der Waals surface area contributed by atoms with Gasteiger partial charge in [0.1, 0.15) is 0 Å². The number of anilines is 1. The SMILES string of the molecule is CN1C(=O)c2c(nc(S(=O)(=O)CC3CC3)n2C)N(CC#Cc2cccc(Cl)c2)C1O. The lowest BCUT2D eigenvalue weighted by Crippen LogP contribution is -2.54. The number of amides is 1. The maximum atomic E-state index is 12.8. The molecule has 1 N–H and O–H groups in total. The number of nitrogens with zero attached hydrogens (tertiary/aromatic N) is 4. The van der Waals surface area contributed by atoms with E-state index in [1.54, 1.807) is 24.3 Å². The molecule has 30 heavy (non-hydrogen) atoms. The predicted molar refractivity (Wildman–Crippen MR) is 112 cm³/mol. The Morgan fingerprint density at radius 2 is 2.03 bits per heavy atom. The van der Waals surface area contributed by atoms with E-state index >= 15 is 0 Å². The van der Waals surface area contributed by atoms with Crippen LogP contribution in [0.2, 0.25) is 5.02 Å². The highest BCUT2D eigenvalue weighted by molar-refractivity contribution is 7.91. The number of aromatic nitrogens is 2. The van der Waals surface area contributed by atoms with E-state index in [9.17, 15) is 18.3 Å². The van der Waals surface area contributed by atoms with Crippen molar-refractivity contribution >= 4 is 33.2 Å². The Bertz CT molecular complexity index is 1180. The highest BCUT2D eigenvalue weighted by Crippen LogP contribution is 2.35. The summed E-state index contributed by atoms with van der Waals surface area (Å²) in [5.74, 6) is 5.66. The Morgan fingerprint density at radius 1 is 1.30 bits per heavy atom. The van der Waals surface area contributed by atoms with E-state index in [2.05, 4.69) is 16.8 Å². The van der Waals surface area contributed by atoms with Crippen molar-refractivity contribution in [3.05, 3.63) is 40.5 Å². The third kappa shape index (κ3) is 3.78. The zero-order chi connectivity index (χ0) is 21.6. The summed E-state index contributed by atoms with van der Waals surface area (Å²) in [7, 11) is -0.702. The third-order valence-electron chi connectivity index (χ3n) is 5.19. The van der Waals surface area contributed by atoms with E-state index in [-0.39, 0.29) is 34.9 Å². The van der Waals surface area contributed by atoms with Crippen molar-refractivity contribution in [1.82, 2.24) is 14.5 Å². The van der Waals surface area contributed by atoms with E-state index in [1.807, 2.05) is 0 Å². The summed E-state index contributed by atoms with van der Waals surface area (Å²) < 4.78 is 26.9. The van der Waals surface area contributed by atoms with Crippen molar-refractivity contribution in [2.24, 2.45) is 13.0 Å². The smallest absolute Gasteiger partial charge is 0.277 e. The number of rotatable bonds is 4. The van der Waals surface area contributed by atoms with E-state index in [1.165, 1.54) is 23.6 Å². The molecule has 1 aliphatic heterocycles.